The first kappa shape index (κ1) is 15.7. The van der Waals surface area contributed by atoms with Crippen molar-refractivity contribution in [2.24, 2.45) is 0 Å². The smallest absolute Gasteiger partial charge is 0.348 e. The van der Waals surface area contributed by atoms with Gasteiger partial charge in [-0.2, -0.15) is 5.10 Å². The molecule has 1 heterocycles. The highest BCUT2D eigenvalue weighted by molar-refractivity contribution is 5.75. The molecule has 2 N–H and O–H groups in total. The Morgan fingerprint density at radius 2 is 1.88 bits per heavy atom. The molecule has 0 spiro atoms. The zero-order chi connectivity index (χ0) is 17.3. The van der Waals surface area contributed by atoms with Crippen LogP contribution in [0.3, 0.4) is 0 Å². The minimum absolute atomic E-state index is 0.0455. The van der Waals surface area contributed by atoms with Crippen molar-refractivity contribution >= 4 is 6.29 Å². The molecule has 0 saturated heterocycles. The summed E-state index contributed by atoms with van der Waals surface area (Å²) in [6.45, 7) is 4.10. The predicted molar refractivity (Wildman–Crippen MR) is 90.8 cm³/mol. The van der Waals surface area contributed by atoms with Crippen LogP contribution in [0.25, 0.3) is 17.1 Å². The largest absolute Gasteiger partial charge is 0.507 e. The number of phenols is 1. The molecule has 0 saturated carbocycles. The highest BCUT2D eigenvalue weighted by Gasteiger charge is 2.17. The van der Waals surface area contributed by atoms with Gasteiger partial charge in [-0.3, -0.25) is 4.79 Å². The Bertz CT molecular complexity index is 937. The molecule has 6 heteroatoms. The van der Waals surface area contributed by atoms with Crippen LogP contribution in [0.2, 0.25) is 0 Å². The second kappa shape index (κ2) is 6.16. The first-order valence-electron chi connectivity index (χ1n) is 7.57. The second-order valence-electron chi connectivity index (χ2n) is 5.83. The minimum atomic E-state index is -0.418. The van der Waals surface area contributed by atoms with E-state index < -0.39 is 5.69 Å². The molecular formula is C18H17N3O3. The van der Waals surface area contributed by atoms with Gasteiger partial charge in [-0.25, -0.2) is 14.5 Å². The highest BCUT2D eigenvalue weighted by atomic mass is 16.3. The Morgan fingerprint density at radius 3 is 2.50 bits per heavy atom. The van der Waals surface area contributed by atoms with Crippen molar-refractivity contribution in [3.63, 3.8) is 0 Å². The number of hydrogen-bond donors (Lipinski definition) is 2. The van der Waals surface area contributed by atoms with Crippen LogP contribution >= 0.6 is 0 Å². The third kappa shape index (κ3) is 2.74. The lowest BCUT2D eigenvalue weighted by atomic mass is 10.00. The van der Waals surface area contributed by atoms with Crippen LogP contribution in [-0.2, 0) is 0 Å². The quantitative estimate of drug-likeness (QED) is 0.723. The Kier molecular flexibility index (Phi) is 4.04. The van der Waals surface area contributed by atoms with Crippen LogP contribution in [0.1, 0.15) is 35.7 Å². The van der Waals surface area contributed by atoms with Crippen LogP contribution in [0.4, 0.5) is 0 Å². The summed E-state index contributed by atoms with van der Waals surface area (Å²) in [7, 11) is 0. The fourth-order valence-electron chi connectivity index (χ4n) is 2.51. The fourth-order valence-corrected chi connectivity index (χ4v) is 2.51. The molecule has 6 nitrogen and oxygen atoms in total. The number of nitrogens with zero attached hydrogens (tertiary/aromatic N) is 2. The number of carbonyl (C=O) groups excluding carboxylic acids is 1. The molecule has 122 valence electrons. The molecule has 0 amide bonds. The van der Waals surface area contributed by atoms with Gasteiger partial charge >= 0.3 is 5.69 Å². The van der Waals surface area contributed by atoms with Crippen molar-refractivity contribution in [1.29, 1.82) is 0 Å². The van der Waals surface area contributed by atoms with E-state index in [2.05, 4.69) is 10.2 Å². The van der Waals surface area contributed by atoms with Crippen LogP contribution in [-0.4, -0.2) is 26.2 Å². The third-order valence-electron chi connectivity index (χ3n) is 3.89. The van der Waals surface area contributed by atoms with Gasteiger partial charge in [0, 0.05) is 5.56 Å². The van der Waals surface area contributed by atoms with Crippen molar-refractivity contribution in [2.75, 3.05) is 0 Å². The summed E-state index contributed by atoms with van der Waals surface area (Å²) in [4.78, 5) is 23.0. The first-order chi connectivity index (χ1) is 11.5. The number of aromatic amines is 1. The molecule has 0 aliphatic rings. The lowest BCUT2D eigenvalue weighted by molar-refractivity contribution is 0.112. The summed E-state index contributed by atoms with van der Waals surface area (Å²) < 4.78 is 1.37. The van der Waals surface area contributed by atoms with Gasteiger partial charge < -0.3 is 5.11 Å². The van der Waals surface area contributed by atoms with Gasteiger partial charge in [0.15, 0.2) is 5.82 Å². The zero-order valence-corrected chi connectivity index (χ0v) is 13.4. The van der Waals surface area contributed by atoms with Crippen LogP contribution in [0, 0.1) is 0 Å². The minimum Gasteiger partial charge on any atom is -0.507 e. The summed E-state index contributed by atoms with van der Waals surface area (Å²) in [5.74, 6) is 0.637. The summed E-state index contributed by atoms with van der Waals surface area (Å²) in [6, 6.07) is 11.8. The lowest BCUT2D eigenvalue weighted by Crippen LogP contribution is -2.15. The molecular weight excluding hydrogens is 306 g/mol. The summed E-state index contributed by atoms with van der Waals surface area (Å²) >= 11 is 0. The van der Waals surface area contributed by atoms with Gasteiger partial charge in [0.25, 0.3) is 0 Å². The van der Waals surface area contributed by atoms with E-state index in [0.717, 1.165) is 11.8 Å². The normalized spacial score (nSPS) is 11.0. The Labute approximate surface area is 138 Å². The zero-order valence-electron chi connectivity index (χ0n) is 13.4. The Morgan fingerprint density at radius 1 is 1.17 bits per heavy atom. The van der Waals surface area contributed by atoms with Crippen molar-refractivity contribution in [2.45, 2.75) is 19.8 Å². The van der Waals surface area contributed by atoms with E-state index in [-0.39, 0.29) is 11.7 Å². The average molecular weight is 323 g/mol. The molecule has 3 aromatic rings. The number of aldehydes is 1. The van der Waals surface area contributed by atoms with Crippen LogP contribution in [0.5, 0.6) is 5.75 Å². The topological polar surface area (TPSA) is 88.0 Å². The van der Waals surface area contributed by atoms with E-state index in [9.17, 15) is 14.7 Å². The maximum Gasteiger partial charge on any atom is 0.348 e. The first-order valence-corrected chi connectivity index (χ1v) is 7.57. The Hall–Kier alpha value is -3.15. The number of hydrogen-bond acceptors (Lipinski definition) is 4. The van der Waals surface area contributed by atoms with E-state index in [4.69, 9.17) is 0 Å². The lowest BCUT2D eigenvalue weighted by Gasteiger charge is -2.11. The summed E-state index contributed by atoms with van der Waals surface area (Å²) in [5, 5.41) is 16.7. The maximum atomic E-state index is 12.2. The molecule has 0 fully saturated rings. The summed E-state index contributed by atoms with van der Waals surface area (Å²) in [6.07, 6.45) is 0.737. The third-order valence-corrected chi connectivity index (χ3v) is 3.89. The number of nitrogens with one attached hydrogen (secondary N) is 1. The average Bonchev–Trinajstić information content (AvgIpc) is 2.96. The van der Waals surface area contributed by atoms with Gasteiger partial charge in [-0.1, -0.05) is 19.9 Å². The van der Waals surface area contributed by atoms with Gasteiger partial charge in [0.1, 0.15) is 12.0 Å². The number of aromatic nitrogens is 3. The number of H-pyrrole nitrogens is 1. The SMILES string of the molecule is CC(C)c1ccc(O)c(-c2n[nH]c(=O)n2-c2ccc(C=O)cc2)c1. The molecule has 0 unspecified atom stereocenters. The molecule has 0 radical (unpaired) electrons. The van der Waals surface area contributed by atoms with Gasteiger partial charge in [-0.15, -0.1) is 0 Å². The van der Waals surface area contributed by atoms with Crippen molar-refractivity contribution in [3.05, 3.63) is 64.1 Å². The molecule has 0 atom stereocenters. The van der Waals surface area contributed by atoms with Crippen LogP contribution in [0.15, 0.2) is 47.3 Å². The number of carbonyl (C=O) groups is 1. The highest BCUT2D eigenvalue weighted by Crippen LogP contribution is 2.31. The van der Waals surface area contributed by atoms with E-state index in [1.807, 2.05) is 26.0 Å². The number of phenolic OH excluding ortho intramolecular Hbond substituents is 1. The van der Waals surface area contributed by atoms with Crippen LogP contribution < -0.4 is 5.69 Å². The van der Waals surface area contributed by atoms with E-state index in [0.29, 0.717) is 22.6 Å². The molecule has 3 rings (SSSR count). The molecule has 0 aliphatic heterocycles. The van der Waals surface area contributed by atoms with Crippen molar-refractivity contribution in [1.82, 2.24) is 14.8 Å². The Balaban J connectivity index is 2.19. The molecule has 0 aliphatic carbocycles. The molecule has 24 heavy (non-hydrogen) atoms. The molecule has 1 aromatic heterocycles. The second-order valence-corrected chi connectivity index (χ2v) is 5.83. The van der Waals surface area contributed by atoms with E-state index in [1.54, 1.807) is 30.3 Å². The van der Waals surface area contributed by atoms with Gasteiger partial charge in [0.05, 0.1) is 11.3 Å². The molecule has 0 bridgehead atoms. The fraction of sp³-hybridized carbons (Fsp3) is 0.167. The summed E-state index contributed by atoms with van der Waals surface area (Å²) in [5.41, 5.74) is 2.16. The predicted octanol–water partition coefficient (Wildman–Crippen LogP) is 2.87. The van der Waals surface area contributed by atoms with E-state index in [1.165, 1.54) is 4.57 Å². The number of rotatable bonds is 4. The van der Waals surface area contributed by atoms with Crippen molar-refractivity contribution < 1.29 is 9.90 Å². The van der Waals surface area contributed by atoms with E-state index >= 15 is 0 Å². The maximum absolute atomic E-state index is 12.2. The monoisotopic (exact) mass is 323 g/mol. The van der Waals surface area contributed by atoms with Crippen molar-refractivity contribution in [3.8, 4) is 22.8 Å². The van der Waals surface area contributed by atoms with Gasteiger partial charge in [-0.05, 0) is 47.9 Å². The number of aromatic hydroxyl groups is 1. The van der Waals surface area contributed by atoms with Gasteiger partial charge in [0.2, 0.25) is 0 Å². The molecule has 2 aromatic carbocycles. The standard InChI is InChI=1S/C18H17N3O3/c1-11(2)13-5-8-16(23)15(9-13)17-19-20-18(24)21(17)14-6-3-12(10-22)4-7-14/h3-11,23H,1-2H3,(H,20,24). The number of benzene rings is 2.